The Morgan fingerprint density at radius 3 is 2.50 bits per heavy atom. The average Bonchev–Trinajstić information content (AvgIpc) is 2.86. The largest absolute Gasteiger partial charge is 0.469 e. The number of anilines is 2. The number of benzene rings is 1. The van der Waals surface area contributed by atoms with Crippen molar-refractivity contribution >= 4 is 23.3 Å². The van der Waals surface area contributed by atoms with Crippen molar-refractivity contribution in [3.05, 3.63) is 22.3 Å². The van der Waals surface area contributed by atoms with E-state index in [9.17, 15) is 9.59 Å². The van der Waals surface area contributed by atoms with E-state index in [-0.39, 0.29) is 18.3 Å². The molecular weight excluding hydrogens is 256 g/mol. The molecule has 1 aromatic rings. The minimum atomic E-state index is -0.281. The fourth-order valence-corrected chi connectivity index (χ4v) is 2.89. The average molecular weight is 276 g/mol. The molecule has 5 heteroatoms. The van der Waals surface area contributed by atoms with Gasteiger partial charge >= 0.3 is 5.97 Å². The van der Waals surface area contributed by atoms with Gasteiger partial charge in [-0.1, -0.05) is 0 Å². The lowest BCUT2D eigenvalue weighted by Gasteiger charge is -2.21. The first-order valence-electron chi connectivity index (χ1n) is 6.63. The summed E-state index contributed by atoms with van der Waals surface area (Å²) < 4.78 is 4.74. The van der Waals surface area contributed by atoms with Crippen LogP contribution in [0.15, 0.2) is 0 Å². The van der Waals surface area contributed by atoms with Gasteiger partial charge in [0.2, 0.25) is 5.91 Å². The Balaban J connectivity index is 2.58. The van der Waals surface area contributed by atoms with E-state index in [0.717, 1.165) is 34.4 Å². The van der Waals surface area contributed by atoms with E-state index in [4.69, 9.17) is 10.5 Å². The number of nitrogen functional groups attached to an aromatic ring is 1. The Hall–Kier alpha value is -2.04. The van der Waals surface area contributed by atoms with Crippen LogP contribution in [0.3, 0.4) is 0 Å². The predicted molar refractivity (Wildman–Crippen MR) is 77.8 cm³/mol. The third-order valence-electron chi connectivity index (χ3n) is 4.09. The summed E-state index contributed by atoms with van der Waals surface area (Å²) in [5.74, 6) is -0.285. The lowest BCUT2D eigenvalue weighted by Crippen LogP contribution is -2.26. The van der Waals surface area contributed by atoms with Crippen LogP contribution in [0.4, 0.5) is 11.4 Å². The molecule has 2 rings (SSSR count). The Kier molecular flexibility index (Phi) is 3.70. The summed E-state index contributed by atoms with van der Waals surface area (Å²) in [5, 5.41) is 0. The number of carbonyl (C=O) groups is 2. The molecule has 0 saturated heterocycles. The van der Waals surface area contributed by atoms with Gasteiger partial charge in [0, 0.05) is 13.5 Å². The van der Waals surface area contributed by atoms with Gasteiger partial charge in [0.1, 0.15) is 0 Å². The number of esters is 1. The molecule has 1 aliphatic heterocycles. The van der Waals surface area contributed by atoms with Crippen molar-refractivity contribution in [1.82, 2.24) is 0 Å². The maximum atomic E-state index is 11.7. The molecule has 0 radical (unpaired) electrons. The van der Waals surface area contributed by atoms with Crippen molar-refractivity contribution in [3.63, 3.8) is 0 Å². The van der Waals surface area contributed by atoms with Gasteiger partial charge in [0.15, 0.2) is 0 Å². The zero-order chi connectivity index (χ0) is 15.0. The standard InChI is InChI=1S/C15H20N2O3/c1-8-11-5-6-17(10(3)18)15(11)14(16)9(2)12(8)7-13(19)20-4/h5-7,16H2,1-4H3. The first-order chi connectivity index (χ1) is 9.38. The summed E-state index contributed by atoms with van der Waals surface area (Å²) in [6, 6.07) is 0. The van der Waals surface area contributed by atoms with E-state index in [1.807, 2.05) is 13.8 Å². The van der Waals surface area contributed by atoms with Crippen molar-refractivity contribution in [3.8, 4) is 0 Å². The molecular formula is C15H20N2O3. The molecule has 108 valence electrons. The Labute approximate surface area is 118 Å². The van der Waals surface area contributed by atoms with Crippen LogP contribution in [-0.2, 0) is 27.2 Å². The molecule has 1 heterocycles. The molecule has 0 atom stereocenters. The van der Waals surface area contributed by atoms with Crippen LogP contribution in [0.1, 0.15) is 29.2 Å². The normalized spacial score (nSPS) is 13.3. The second-order valence-electron chi connectivity index (χ2n) is 5.14. The minimum Gasteiger partial charge on any atom is -0.469 e. The monoisotopic (exact) mass is 276 g/mol. The van der Waals surface area contributed by atoms with Gasteiger partial charge in [-0.05, 0) is 42.5 Å². The molecule has 0 aromatic heterocycles. The first kappa shape index (κ1) is 14.4. The van der Waals surface area contributed by atoms with Gasteiger partial charge in [-0.15, -0.1) is 0 Å². The van der Waals surface area contributed by atoms with Crippen molar-refractivity contribution in [2.24, 2.45) is 0 Å². The Morgan fingerprint density at radius 2 is 1.95 bits per heavy atom. The SMILES string of the molecule is COC(=O)Cc1c(C)c(N)c2c(c1C)CCN2C(C)=O. The Bertz CT molecular complexity index is 594. The number of ether oxygens (including phenoxy) is 1. The highest BCUT2D eigenvalue weighted by Crippen LogP contribution is 2.40. The number of hydrogen-bond donors (Lipinski definition) is 1. The third kappa shape index (κ3) is 2.13. The van der Waals surface area contributed by atoms with E-state index in [0.29, 0.717) is 12.2 Å². The van der Waals surface area contributed by atoms with E-state index >= 15 is 0 Å². The summed E-state index contributed by atoms with van der Waals surface area (Å²) >= 11 is 0. The van der Waals surface area contributed by atoms with Gasteiger partial charge in [0.25, 0.3) is 0 Å². The molecule has 0 fully saturated rings. The molecule has 5 nitrogen and oxygen atoms in total. The van der Waals surface area contributed by atoms with Crippen LogP contribution < -0.4 is 10.6 Å². The Morgan fingerprint density at radius 1 is 1.30 bits per heavy atom. The highest BCUT2D eigenvalue weighted by Gasteiger charge is 2.29. The number of carbonyl (C=O) groups excluding carboxylic acids is 2. The third-order valence-corrected chi connectivity index (χ3v) is 4.09. The lowest BCUT2D eigenvalue weighted by atomic mass is 9.92. The smallest absolute Gasteiger partial charge is 0.309 e. The fourth-order valence-electron chi connectivity index (χ4n) is 2.89. The summed E-state index contributed by atoms with van der Waals surface area (Å²) in [6.45, 7) is 6.06. The molecule has 1 aliphatic rings. The molecule has 0 bridgehead atoms. The van der Waals surface area contributed by atoms with Gasteiger partial charge < -0.3 is 15.4 Å². The highest BCUT2D eigenvalue weighted by molar-refractivity contribution is 5.99. The van der Waals surface area contributed by atoms with Gasteiger partial charge in [-0.25, -0.2) is 0 Å². The van der Waals surface area contributed by atoms with Crippen LogP contribution in [0.5, 0.6) is 0 Å². The number of methoxy groups -OCH3 is 1. The van der Waals surface area contributed by atoms with E-state index in [1.165, 1.54) is 7.11 Å². The number of hydrogen-bond acceptors (Lipinski definition) is 4. The molecule has 0 unspecified atom stereocenters. The molecule has 20 heavy (non-hydrogen) atoms. The van der Waals surface area contributed by atoms with Crippen LogP contribution in [0.2, 0.25) is 0 Å². The predicted octanol–water partition coefficient (Wildman–Crippen LogP) is 1.51. The molecule has 1 aromatic carbocycles. The van der Waals surface area contributed by atoms with Gasteiger partial charge in [-0.2, -0.15) is 0 Å². The molecule has 0 spiro atoms. The van der Waals surface area contributed by atoms with Crippen molar-refractivity contribution < 1.29 is 14.3 Å². The number of amides is 1. The van der Waals surface area contributed by atoms with Crippen LogP contribution in [-0.4, -0.2) is 25.5 Å². The van der Waals surface area contributed by atoms with Crippen molar-refractivity contribution in [2.45, 2.75) is 33.6 Å². The lowest BCUT2D eigenvalue weighted by molar-refractivity contribution is -0.139. The zero-order valence-electron chi connectivity index (χ0n) is 12.4. The van der Waals surface area contributed by atoms with E-state index < -0.39 is 0 Å². The molecule has 0 aliphatic carbocycles. The summed E-state index contributed by atoms with van der Waals surface area (Å²) in [7, 11) is 1.38. The quantitative estimate of drug-likeness (QED) is 0.656. The number of nitrogens with zero attached hydrogens (tertiary/aromatic N) is 1. The summed E-state index contributed by atoms with van der Waals surface area (Å²) in [6.07, 6.45) is 0.991. The van der Waals surface area contributed by atoms with Crippen LogP contribution >= 0.6 is 0 Å². The summed E-state index contributed by atoms with van der Waals surface area (Å²) in [5.41, 5.74) is 11.5. The second-order valence-corrected chi connectivity index (χ2v) is 5.14. The molecule has 2 N–H and O–H groups in total. The molecule has 0 saturated carbocycles. The van der Waals surface area contributed by atoms with Gasteiger partial charge in [0.05, 0.1) is 24.9 Å². The fraction of sp³-hybridized carbons (Fsp3) is 0.467. The zero-order valence-corrected chi connectivity index (χ0v) is 12.4. The van der Waals surface area contributed by atoms with Crippen LogP contribution in [0.25, 0.3) is 0 Å². The summed E-state index contributed by atoms with van der Waals surface area (Å²) in [4.78, 5) is 24.9. The number of nitrogens with two attached hydrogens (primary N) is 1. The van der Waals surface area contributed by atoms with Crippen LogP contribution in [0, 0.1) is 13.8 Å². The molecule has 1 amide bonds. The first-order valence-corrected chi connectivity index (χ1v) is 6.63. The topological polar surface area (TPSA) is 72.6 Å². The van der Waals surface area contributed by atoms with Gasteiger partial charge in [-0.3, -0.25) is 9.59 Å². The highest BCUT2D eigenvalue weighted by atomic mass is 16.5. The van der Waals surface area contributed by atoms with E-state index in [1.54, 1.807) is 11.8 Å². The number of fused-ring (bicyclic) bond motifs is 1. The minimum absolute atomic E-state index is 0.00466. The van der Waals surface area contributed by atoms with E-state index in [2.05, 4.69) is 0 Å². The maximum absolute atomic E-state index is 11.7. The second kappa shape index (κ2) is 5.15. The maximum Gasteiger partial charge on any atom is 0.309 e. The van der Waals surface area contributed by atoms with Crippen molar-refractivity contribution in [1.29, 1.82) is 0 Å². The van der Waals surface area contributed by atoms with Crippen molar-refractivity contribution in [2.75, 3.05) is 24.3 Å². The number of rotatable bonds is 2.